The molecule has 9 nitrogen and oxygen atoms in total. The third-order valence-electron chi connectivity index (χ3n) is 4.57. The van der Waals surface area contributed by atoms with E-state index >= 15 is 0 Å². The molecule has 2 N–H and O–H groups in total. The molecular formula is C19H24N4O5S. The zero-order valence-corrected chi connectivity index (χ0v) is 17.1. The molecule has 1 aromatic carbocycles. The van der Waals surface area contributed by atoms with E-state index in [-0.39, 0.29) is 22.9 Å². The molecule has 1 aliphatic rings. The number of methoxy groups -OCH3 is 1. The molecule has 0 saturated heterocycles. The summed E-state index contributed by atoms with van der Waals surface area (Å²) in [4.78, 5) is 19.4. The van der Waals surface area contributed by atoms with E-state index in [0.717, 1.165) is 0 Å². The lowest BCUT2D eigenvalue weighted by molar-refractivity contribution is -0.114. The summed E-state index contributed by atoms with van der Waals surface area (Å²) >= 11 is 0. The predicted molar refractivity (Wildman–Crippen MR) is 106 cm³/mol. The fourth-order valence-electron chi connectivity index (χ4n) is 3.16. The molecule has 1 fully saturated rings. The van der Waals surface area contributed by atoms with Crippen LogP contribution in [0, 0.1) is 0 Å². The fraction of sp³-hybridized carbons (Fsp3) is 0.421. The van der Waals surface area contributed by atoms with Gasteiger partial charge < -0.3 is 14.8 Å². The van der Waals surface area contributed by atoms with Gasteiger partial charge in [0.1, 0.15) is 6.10 Å². The molecule has 10 heteroatoms. The van der Waals surface area contributed by atoms with Crippen molar-refractivity contribution in [1.29, 1.82) is 0 Å². The Morgan fingerprint density at radius 1 is 1.07 bits per heavy atom. The minimum Gasteiger partial charge on any atom is -0.480 e. The van der Waals surface area contributed by atoms with Crippen LogP contribution in [-0.2, 0) is 14.8 Å². The second kappa shape index (κ2) is 9.19. The summed E-state index contributed by atoms with van der Waals surface area (Å²) in [5, 5.41) is 2.61. The van der Waals surface area contributed by atoms with Gasteiger partial charge in [0.15, 0.2) is 0 Å². The zero-order chi connectivity index (χ0) is 20.9. The van der Waals surface area contributed by atoms with Gasteiger partial charge >= 0.3 is 0 Å². The van der Waals surface area contributed by atoms with Crippen molar-refractivity contribution in [3.8, 4) is 11.8 Å². The fourth-order valence-corrected chi connectivity index (χ4v) is 4.47. The Labute approximate surface area is 169 Å². The first-order valence-corrected chi connectivity index (χ1v) is 10.8. The highest BCUT2D eigenvalue weighted by molar-refractivity contribution is 7.89. The van der Waals surface area contributed by atoms with E-state index < -0.39 is 10.0 Å². The van der Waals surface area contributed by atoms with E-state index in [9.17, 15) is 13.2 Å². The molecule has 0 radical (unpaired) electrons. The molecule has 0 unspecified atom stereocenters. The normalized spacial score (nSPS) is 19.4. The summed E-state index contributed by atoms with van der Waals surface area (Å²) in [6.45, 7) is 1.40. The van der Waals surface area contributed by atoms with E-state index in [4.69, 9.17) is 9.47 Å². The lowest BCUT2D eigenvalue weighted by atomic mass is 9.94. The standard InChI is InChI=1S/C19H24N4O5S/c1-13(24)21-14-5-9-17(10-6-14)29(25,26)23-15-3-7-16(8-4-15)28-19-12-20-11-18(22-19)27-2/h5-6,9-12,15-16,23H,3-4,7-8H2,1-2H3,(H,21,24). The van der Waals surface area contributed by atoms with Crippen LogP contribution in [0.5, 0.6) is 11.8 Å². The van der Waals surface area contributed by atoms with Crippen LogP contribution < -0.4 is 19.5 Å². The number of ether oxygens (including phenoxy) is 2. The number of nitrogens with zero attached hydrogens (tertiary/aromatic N) is 2. The Bertz CT molecular complexity index is 941. The molecule has 1 saturated carbocycles. The number of anilines is 1. The molecule has 0 spiro atoms. The Morgan fingerprint density at radius 3 is 2.34 bits per heavy atom. The van der Waals surface area contributed by atoms with Crippen LogP contribution in [0.15, 0.2) is 41.6 Å². The van der Waals surface area contributed by atoms with Gasteiger partial charge in [0.25, 0.3) is 0 Å². The Hall–Kier alpha value is -2.72. The van der Waals surface area contributed by atoms with E-state index in [2.05, 4.69) is 20.0 Å². The SMILES string of the molecule is COc1cncc(OC2CCC(NS(=O)(=O)c3ccc(NC(C)=O)cc3)CC2)n1. The summed E-state index contributed by atoms with van der Waals surface area (Å²) < 4.78 is 38.9. The quantitative estimate of drug-likeness (QED) is 0.704. The third-order valence-corrected chi connectivity index (χ3v) is 6.10. The van der Waals surface area contributed by atoms with Gasteiger partial charge in [-0.1, -0.05) is 0 Å². The number of hydrogen-bond acceptors (Lipinski definition) is 7. The Kier molecular flexibility index (Phi) is 6.65. The first kappa shape index (κ1) is 21.0. The molecule has 2 aromatic rings. The van der Waals surface area contributed by atoms with E-state index in [0.29, 0.717) is 43.1 Å². The van der Waals surface area contributed by atoms with Crippen molar-refractivity contribution in [3.05, 3.63) is 36.7 Å². The van der Waals surface area contributed by atoms with Crippen LogP contribution >= 0.6 is 0 Å². The number of amides is 1. The second-order valence-corrected chi connectivity index (χ2v) is 8.53. The molecule has 0 bridgehead atoms. The van der Waals surface area contributed by atoms with Gasteiger partial charge in [0, 0.05) is 18.7 Å². The summed E-state index contributed by atoms with van der Waals surface area (Å²) in [7, 11) is -2.12. The Morgan fingerprint density at radius 2 is 1.72 bits per heavy atom. The van der Waals surface area contributed by atoms with Gasteiger partial charge in [0.2, 0.25) is 27.7 Å². The summed E-state index contributed by atoms with van der Waals surface area (Å²) in [6.07, 6.45) is 5.70. The topological polar surface area (TPSA) is 120 Å². The molecule has 156 valence electrons. The van der Waals surface area contributed by atoms with Gasteiger partial charge in [0.05, 0.1) is 24.4 Å². The molecule has 1 aliphatic carbocycles. The van der Waals surface area contributed by atoms with Crippen molar-refractivity contribution in [2.75, 3.05) is 12.4 Å². The van der Waals surface area contributed by atoms with Gasteiger partial charge in [-0.3, -0.25) is 9.78 Å². The number of benzene rings is 1. The maximum absolute atomic E-state index is 12.6. The molecule has 3 rings (SSSR count). The smallest absolute Gasteiger partial charge is 0.240 e. The summed E-state index contributed by atoms with van der Waals surface area (Å²) in [5.74, 6) is 0.568. The lowest BCUT2D eigenvalue weighted by Crippen LogP contribution is -2.39. The number of sulfonamides is 1. The molecule has 1 aromatic heterocycles. The number of hydrogen-bond donors (Lipinski definition) is 2. The average Bonchev–Trinajstić information content (AvgIpc) is 2.69. The number of carbonyl (C=O) groups is 1. The molecule has 1 amide bonds. The number of carbonyl (C=O) groups excluding carboxylic acids is 1. The number of aromatic nitrogens is 2. The highest BCUT2D eigenvalue weighted by Gasteiger charge is 2.27. The molecular weight excluding hydrogens is 396 g/mol. The minimum atomic E-state index is -3.63. The monoisotopic (exact) mass is 420 g/mol. The van der Waals surface area contributed by atoms with Crippen LogP contribution in [-0.4, -0.2) is 43.5 Å². The zero-order valence-electron chi connectivity index (χ0n) is 16.3. The van der Waals surface area contributed by atoms with Crippen molar-refractivity contribution < 1.29 is 22.7 Å². The maximum Gasteiger partial charge on any atom is 0.240 e. The summed E-state index contributed by atoms with van der Waals surface area (Å²) in [6, 6.07) is 5.92. The van der Waals surface area contributed by atoms with E-state index in [1.54, 1.807) is 12.1 Å². The predicted octanol–water partition coefficient (Wildman–Crippen LogP) is 2.11. The number of nitrogens with one attached hydrogen (secondary N) is 2. The average molecular weight is 420 g/mol. The van der Waals surface area contributed by atoms with Crippen LogP contribution in [0.2, 0.25) is 0 Å². The van der Waals surface area contributed by atoms with Crippen molar-refractivity contribution in [1.82, 2.24) is 14.7 Å². The van der Waals surface area contributed by atoms with Crippen LogP contribution in [0.4, 0.5) is 5.69 Å². The second-order valence-electron chi connectivity index (χ2n) is 6.82. The van der Waals surface area contributed by atoms with Crippen molar-refractivity contribution in [3.63, 3.8) is 0 Å². The molecule has 1 heterocycles. The van der Waals surface area contributed by atoms with Crippen molar-refractivity contribution in [2.45, 2.75) is 49.6 Å². The van der Waals surface area contributed by atoms with Crippen LogP contribution in [0.1, 0.15) is 32.6 Å². The Balaban J connectivity index is 1.53. The van der Waals surface area contributed by atoms with Gasteiger partial charge in [-0.15, -0.1) is 0 Å². The van der Waals surface area contributed by atoms with E-state index in [1.807, 2.05) is 0 Å². The van der Waals surface area contributed by atoms with Gasteiger partial charge in [-0.25, -0.2) is 13.1 Å². The maximum atomic E-state index is 12.6. The first-order chi connectivity index (χ1) is 13.9. The number of rotatable bonds is 7. The highest BCUT2D eigenvalue weighted by Crippen LogP contribution is 2.25. The third kappa shape index (κ3) is 5.88. The first-order valence-electron chi connectivity index (χ1n) is 9.28. The summed E-state index contributed by atoms with van der Waals surface area (Å²) in [5.41, 5.74) is 0.551. The van der Waals surface area contributed by atoms with Gasteiger partial charge in [-0.2, -0.15) is 4.98 Å². The van der Waals surface area contributed by atoms with Crippen molar-refractivity contribution in [2.24, 2.45) is 0 Å². The highest BCUT2D eigenvalue weighted by atomic mass is 32.2. The largest absolute Gasteiger partial charge is 0.480 e. The van der Waals surface area contributed by atoms with Crippen LogP contribution in [0.25, 0.3) is 0 Å². The van der Waals surface area contributed by atoms with Gasteiger partial charge in [-0.05, 0) is 49.9 Å². The lowest BCUT2D eigenvalue weighted by Gasteiger charge is -2.29. The van der Waals surface area contributed by atoms with Crippen LogP contribution in [0.3, 0.4) is 0 Å². The van der Waals surface area contributed by atoms with Crippen molar-refractivity contribution >= 4 is 21.6 Å². The molecule has 0 aliphatic heterocycles. The molecule has 29 heavy (non-hydrogen) atoms. The van der Waals surface area contributed by atoms with E-state index in [1.165, 1.54) is 38.6 Å². The minimum absolute atomic E-state index is 0.0471. The molecule has 0 atom stereocenters.